The third kappa shape index (κ3) is 3.01. The number of hydrogen-bond donors (Lipinski definition) is 1. The van der Waals surface area contributed by atoms with Gasteiger partial charge in [-0.1, -0.05) is 36.1 Å². The number of aromatic hydroxyl groups is 1. The fraction of sp³-hybridized carbons (Fsp3) is 0. The number of phenols is 1. The quantitative estimate of drug-likeness (QED) is 0.390. The molecule has 1 fully saturated rings. The van der Waals surface area contributed by atoms with Crippen molar-refractivity contribution >= 4 is 51.7 Å². The van der Waals surface area contributed by atoms with Gasteiger partial charge in [-0.05, 0) is 35.9 Å². The van der Waals surface area contributed by atoms with E-state index in [9.17, 15) is 20.0 Å². The smallest absolute Gasteiger partial charge is 0.270 e. The third-order valence-electron chi connectivity index (χ3n) is 3.32. The Morgan fingerprint density at radius 1 is 1.17 bits per heavy atom. The van der Waals surface area contributed by atoms with E-state index in [1.54, 1.807) is 36.4 Å². The summed E-state index contributed by atoms with van der Waals surface area (Å²) in [7, 11) is 0. The molecule has 1 aliphatic rings. The summed E-state index contributed by atoms with van der Waals surface area (Å²) in [6.45, 7) is 0. The van der Waals surface area contributed by atoms with Crippen LogP contribution in [0.4, 0.5) is 11.4 Å². The number of para-hydroxylation sites is 2. The highest BCUT2D eigenvalue weighted by Crippen LogP contribution is 2.39. The Hall–Kier alpha value is -2.71. The standard InChI is InChI=1S/C16H10N2O4S2/c19-13-4-2-1-3-12(13)17-15(20)14(24-16(17)23)9-10-5-7-11(8-6-10)18(21)22/h1-9,19H. The summed E-state index contributed by atoms with van der Waals surface area (Å²) in [5.74, 6) is -0.379. The predicted octanol–water partition coefficient (Wildman–Crippen LogP) is 3.71. The predicted molar refractivity (Wildman–Crippen MR) is 96.9 cm³/mol. The van der Waals surface area contributed by atoms with E-state index >= 15 is 0 Å². The maximum absolute atomic E-state index is 12.6. The van der Waals surface area contributed by atoms with E-state index in [0.717, 1.165) is 11.8 Å². The van der Waals surface area contributed by atoms with Crippen LogP contribution in [0.5, 0.6) is 5.75 Å². The molecule has 3 rings (SSSR count). The number of benzene rings is 2. The zero-order valence-electron chi connectivity index (χ0n) is 12.1. The van der Waals surface area contributed by atoms with Crippen LogP contribution in [0.1, 0.15) is 5.56 Å². The van der Waals surface area contributed by atoms with Gasteiger partial charge in [0.25, 0.3) is 11.6 Å². The van der Waals surface area contributed by atoms with Gasteiger partial charge in [0, 0.05) is 12.1 Å². The van der Waals surface area contributed by atoms with Gasteiger partial charge in [-0.25, -0.2) is 0 Å². The molecule has 24 heavy (non-hydrogen) atoms. The van der Waals surface area contributed by atoms with Crippen LogP contribution in [-0.2, 0) is 4.79 Å². The Bertz CT molecular complexity index is 878. The minimum atomic E-state index is -0.485. The zero-order valence-corrected chi connectivity index (χ0v) is 13.7. The van der Waals surface area contributed by atoms with Gasteiger partial charge in [0.05, 0.1) is 15.5 Å². The average Bonchev–Trinajstić information content (AvgIpc) is 2.83. The molecular weight excluding hydrogens is 348 g/mol. The van der Waals surface area contributed by atoms with Gasteiger partial charge in [-0.2, -0.15) is 0 Å². The number of hydrogen-bond acceptors (Lipinski definition) is 6. The molecule has 0 spiro atoms. The SMILES string of the molecule is O=C1C(=Cc2ccc([N+](=O)[O-])cc2)SC(=S)N1c1ccccc1O. The number of nitrogens with zero attached hydrogens (tertiary/aromatic N) is 2. The average molecular weight is 358 g/mol. The van der Waals surface area contributed by atoms with E-state index in [1.165, 1.54) is 23.1 Å². The number of nitro groups is 1. The molecule has 1 heterocycles. The summed E-state index contributed by atoms with van der Waals surface area (Å²) in [4.78, 5) is 24.4. The first-order valence-electron chi connectivity index (χ1n) is 6.78. The second-order valence-corrected chi connectivity index (χ2v) is 6.53. The van der Waals surface area contributed by atoms with E-state index in [4.69, 9.17) is 12.2 Å². The number of amides is 1. The van der Waals surface area contributed by atoms with E-state index in [1.807, 2.05) is 0 Å². The van der Waals surface area contributed by atoms with Crippen LogP contribution in [0, 0.1) is 10.1 Å². The normalized spacial score (nSPS) is 16.0. The van der Waals surface area contributed by atoms with Gasteiger partial charge in [0.2, 0.25) is 0 Å². The number of thiocarbonyl (C=S) groups is 1. The van der Waals surface area contributed by atoms with Crippen LogP contribution in [0.3, 0.4) is 0 Å². The number of non-ortho nitro benzene ring substituents is 1. The molecule has 1 amide bonds. The Morgan fingerprint density at radius 3 is 2.46 bits per heavy atom. The molecule has 1 saturated heterocycles. The number of thioether (sulfide) groups is 1. The van der Waals surface area contributed by atoms with Gasteiger partial charge < -0.3 is 5.11 Å². The lowest BCUT2D eigenvalue weighted by molar-refractivity contribution is -0.384. The van der Waals surface area contributed by atoms with Crippen molar-refractivity contribution in [2.45, 2.75) is 0 Å². The van der Waals surface area contributed by atoms with E-state index < -0.39 is 4.92 Å². The highest BCUT2D eigenvalue weighted by molar-refractivity contribution is 8.27. The van der Waals surface area contributed by atoms with Gasteiger partial charge >= 0.3 is 0 Å². The largest absolute Gasteiger partial charge is 0.506 e. The number of phenolic OH excluding ortho intramolecular Hbond substituents is 1. The Morgan fingerprint density at radius 2 is 1.83 bits per heavy atom. The molecule has 1 aliphatic heterocycles. The number of carbonyl (C=O) groups is 1. The van der Waals surface area contributed by atoms with Crippen LogP contribution >= 0.6 is 24.0 Å². The summed E-state index contributed by atoms with van der Waals surface area (Å²) in [5, 5.41) is 20.6. The molecule has 0 aromatic heterocycles. The van der Waals surface area contributed by atoms with Gasteiger partial charge in [-0.15, -0.1) is 0 Å². The maximum atomic E-state index is 12.6. The van der Waals surface area contributed by atoms with Crippen molar-refractivity contribution in [2.75, 3.05) is 4.90 Å². The monoisotopic (exact) mass is 358 g/mol. The lowest BCUT2D eigenvalue weighted by Crippen LogP contribution is -2.27. The maximum Gasteiger partial charge on any atom is 0.270 e. The first-order chi connectivity index (χ1) is 11.5. The lowest BCUT2D eigenvalue weighted by Gasteiger charge is -2.15. The molecule has 1 N–H and O–H groups in total. The molecule has 0 radical (unpaired) electrons. The summed E-state index contributed by atoms with van der Waals surface area (Å²) < 4.78 is 0.315. The van der Waals surface area contributed by atoms with E-state index in [2.05, 4.69) is 0 Å². The number of carbonyl (C=O) groups excluding carboxylic acids is 1. The van der Waals surface area contributed by atoms with Crippen molar-refractivity contribution < 1.29 is 14.8 Å². The minimum absolute atomic E-state index is 0.0195. The highest BCUT2D eigenvalue weighted by Gasteiger charge is 2.34. The Labute approximate surface area is 146 Å². The molecule has 0 saturated carbocycles. The molecule has 0 bridgehead atoms. The summed E-state index contributed by atoms with van der Waals surface area (Å²) >= 11 is 6.35. The molecule has 8 heteroatoms. The van der Waals surface area contributed by atoms with Crippen molar-refractivity contribution in [3.05, 3.63) is 69.1 Å². The second kappa shape index (κ2) is 6.42. The van der Waals surface area contributed by atoms with Crippen molar-refractivity contribution in [1.82, 2.24) is 0 Å². The zero-order chi connectivity index (χ0) is 17.3. The number of nitro benzene ring substituents is 1. The van der Waals surface area contributed by atoms with Crippen LogP contribution in [-0.4, -0.2) is 20.3 Å². The second-order valence-electron chi connectivity index (χ2n) is 4.85. The summed E-state index contributed by atoms with van der Waals surface area (Å²) in [6, 6.07) is 12.3. The molecule has 2 aromatic carbocycles. The van der Waals surface area contributed by atoms with E-state index in [0.29, 0.717) is 20.5 Å². The third-order valence-corrected chi connectivity index (χ3v) is 4.62. The fourth-order valence-corrected chi connectivity index (χ4v) is 3.46. The van der Waals surface area contributed by atoms with Crippen LogP contribution in [0.25, 0.3) is 6.08 Å². The topological polar surface area (TPSA) is 83.7 Å². The number of anilines is 1. The molecule has 0 aliphatic carbocycles. The molecule has 2 aromatic rings. The Kier molecular flexibility index (Phi) is 4.32. The minimum Gasteiger partial charge on any atom is -0.506 e. The van der Waals surface area contributed by atoms with Gasteiger partial charge in [0.15, 0.2) is 4.32 Å². The van der Waals surface area contributed by atoms with Crippen molar-refractivity contribution in [3.8, 4) is 5.75 Å². The molecule has 0 atom stereocenters. The van der Waals surface area contributed by atoms with Crippen LogP contribution < -0.4 is 4.90 Å². The highest BCUT2D eigenvalue weighted by atomic mass is 32.2. The lowest BCUT2D eigenvalue weighted by atomic mass is 10.2. The van der Waals surface area contributed by atoms with Crippen LogP contribution in [0.15, 0.2) is 53.4 Å². The molecular formula is C16H10N2O4S2. The van der Waals surface area contributed by atoms with E-state index in [-0.39, 0.29) is 17.3 Å². The van der Waals surface area contributed by atoms with Crippen molar-refractivity contribution in [3.63, 3.8) is 0 Å². The Balaban J connectivity index is 1.91. The summed E-state index contributed by atoms with van der Waals surface area (Å²) in [6.07, 6.45) is 1.61. The first-order valence-corrected chi connectivity index (χ1v) is 8.00. The molecule has 6 nitrogen and oxygen atoms in total. The van der Waals surface area contributed by atoms with Crippen molar-refractivity contribution in [1.29, 1.82) is 0 Å². The van der Waals surface area contributed by atoms with Gasteiger partial charge in [0.1, 0.15) is 5.75 Å². The molecule has 0 unspecified atom stereocenters. The summed E-state index contributed by atoms with van der Waals surface area (Å²) in [5.41, 5.74) is 0.958. The van der Waals surface area contributed by atoms with Crippen molar-refractivity contribution in [2.24, 2.45) is 0 Å². The molecule has 120 valence electrons. The number of rotatable bonds is 3. The van der Waals surface area contributed by atoms with Crippen LogP contribution in [0.2, 0.25) is 0 Å². The fourth-order valence-electron chi connectivity index (χ4n) is 2.17. The first kappa shape index (κ1) is 16.2. The van der Waals surface area contributed by atoms with Gasteiger partial charge in [-0.3, -0.25) is 19.8 Å².